The summed E-state index contributed by atoms with van der Waals surface area (Å²) in [5, 5.41) is 14.7. The van der Waals surface area contributed by atoms with Crippen LogP contribution >= 0.6 is 23.5 Å². The smallest absolute Gasteiger partial charge is 0.230 e. The number of aliphatic imine (C=N–C) groups is 1. The van der Waals surface area contributed by atoms with E-state index in [4.69, 9.17) is 5.26 Å². The third-order valence-electron chi connectivity index (χ3n) is 4.15. The zero-order valence-electron chi connectivity index (χ0n) is 16.9. The summed E-state index contributed by atoms with van der Waals surface area (Å²) in [5.41, 5.74) is 2.03. The minimum absolute atomic E-state index is 0.117. The number of nitriles is 1. The van der Waals surface area contributed by atoms with Crippen LogP contribution in [0.4, 0.5) is 0 Å². The molecule has 0 fully saturated rings. The molecule has 156 valence electrons. The van der Waals surface area contributed by atoms with Crippen LogP contribution in [0.3, 0.4) is 0 Å². The van der Waals surface area contributed by atoms with Crippen molar-refractivity contribution in [3.05, 3.63) is 71.8 Å². The highest BCUT2D eigenvalue weighted by Gasteiger charge is 2.14. The Morgan fingerprint density at radius 3 is 1.63 bits per heavy atom. The van der Waals surface area contributed by atoms with Gasteiger partial charge in [-0.25, -0.2) is 0 Å². The fourth-order valence-corrected chi connectivity index (χ4v) is 4.19. The van der Waals surface area contributed by atoms with Crippen molar-refractivity contribution < 1.29 is 9.59 Å². The largest absolute Gasteiger partial charge is 0.349 e. The molecule has 2 aromatic rings. The molecule has 2 rings (SSSR count). The number of nitrogens with one attached hydrogen (secondary N) is 2. The van der Waals surface area contributed by atoms with Crippen molar-refractivity contribution in [2.24, 2.45) is 4.99 Å². The van der Waals surface area contributed by atoms with Gasteiger partial charge in [0.15, 0.2) is 0 Å². The van der Waals surface area contributed by atoms with Gasteiger partial charge in [-0.1, -0.05) is 84.2 Å². The molecule has 0 bridgehead atoms. The molecule has 0 heterocycles. The number of benzene rings is 2. The summed E-state index contributed by atoms with van der Waals surface area (Å²) in [6.07, 6.45) is 1.73. The Labute approximate surface area is 185 Å². The molecule has 2 unspecified atom stereocenters. The SMILES string of the molecule is CC(NC(=O)CSC(=NC#N)SCC(=O)NC(C)c1ccccc1)c1ccccc1. The standard InChI is InChI=1S/C22H24N4O2S2/c1-16(18-9-5-3-6-10-18)25-20(27)13-29-22(24-15-23)30-14-21(28)26-17(2)19-11-7-4-8-12-19/h3-12,16-17H,13-14H2,1-2H3,(H,25,27)(H,26,28). The first-order chi connectivity index (χ1) is 14.5. The van der Waals surface area contributed by atoms with Gasteiger partial charge in [0.1, 0.15) is 4.38 Å². The normalized spacial score (nSPS) is 12.2. The monoisotopic (exact) mass is 440 g/mol. The summed E-state index contributed by atoms with van der Waals surface area (Å²) in [4.78, 5) is 28.2. The average molecular weight is 441 g/mol. The third-order valence-corrected chi connectivity index (χ3v) is 6.35. The Kier molecular flexibility index (Phi) is 9.98. The van der Waals surface area contributed by atoms with Crippen molar-refractivity contribution >= 4 is 39.7 Å². The minimum atomic E-state index is -0.162. The molecule has 2 aromatic carbocycles. The van der Waals surface area contributed by atoms with Crippen LogP contribution in [-0.2, 0) is 9.59 Å². The predicted octanol–water partition coefficient (Wildman–Crippen LogP) is 4.04. The predicted molar refractivity (Wildman–Crippen MR) is 124 cm³/mol. The van der Waals surface area contributed by atoms with Crippen LogP contribution in [0.2, 0.25) is 0 Å². The quantitative estimate of drug-likeness (QED) is 0.367. The molecular formula is C22H24N4O2S2. The highest BCUT2D eigenvalue weighted by molar-refractivity contribution is 8.39. The first-order valence-electron chi connectivity index (χ1n) is 9.40. The lowest BCUT2D eigenvalue weighted by molar-refractivity contribution is -0.120. The molecule has 0 aliphatic heterocycles. The van der Waals surface area contributed by atoms with Crippen LogP contribution in [0.5, 0.6) is 0 Å². The van der Waals surface area contributed by atoms with E-state index >= 15 is 0 Å². The Balaban J connectivity index is 1.77. The van der Waals surface area contributed by atoms with E-state index in [1.807, 2.05) is 74.5 Å². The fourth-order valence-electron chi connectivity index (χ4n) is 2.62. The van der Waals surface area contributed by atoms with E-state index < -0.39 is 0 Å². The number of hydrogen-bond acceptors (Lipinski definition) is 6. The van der Waals surface area contributed by atoms with Gasteiger partial charge >= 0.3 is 0 Å². The number of carbonyl (C=O) groups excluding carboxylic acids is 2. The maximum absolute atomic E-state index is 12.2. The van der Waals surface area contributed by atoms with Crippen molar-refractivity contribution in [3.63, 3.8) is 0 Å². The first-order valence-corrected chi connectivity index (χ1v) is 11.4. The molecule has 2 amide bonds. The van der Waals surface area contributed by atoms with Crippen molar-refractivity contribution in [2.75, 3.05) is 11.5 Å². The van der Waals surface area contributed by atoms with Gasteiger partial charge in [-0.3, -0.25) is 9.59 Å². The molecule has 0 saturated carbocycles. The van der Waals surface area contributed by atoms with Gasteiger partial charge in [-0.05, 0) is 25.0 Å². The molecule has 30 heavy (non-hydrogen) atoms. The number of amides is 2. The third kappa shape index (κ3) is 8.31. The van der Waals surface area contributed by atoms with E-state index in [0.29, 0.717) is 4.38 Å². The number of rotatable bonds is 8. The number of carbonyl (C=O) groups is 2. The van der Waals surface area contributed by atoms with Gasteiger partial charge in [0.2, 0.25) is 18.0 Å². The Morgan fingerprint density at radius 2 is 1.27 bits per heavy atom. The lowest BCUT2D eigenvalue weighted by Crippen LogP contribution is -2.29. The topological polar surface area (TPSA) is 94.3 Å². The first kappa shape index (κ1) is 23.5. The van der Waals surface area contributed by atoms with Crippen LogP contribution in [0.15, 0.2) is 65.7 Å². The van der Waals surface area contributed by atoms with Crippen molar-refractivity contribution in [3.8, 4) is 6.19 Å². The van der Waals surface area contributed by atoms with Crippen LogP contribution in [0, 0.1) is 11.5 Å². The van der Waals surface area contributed by atoms with Gasteiger partial charge in [0.25, 0.3) is 0 Å². The van der Waals surface area contributed by atoms with Gasteiger partial charge in [-0.2, -0.15) is 10.3 Å². The van der Waals surface area contributed by atoms with Crippen molar-refractivity contribution in [2.45, 2.75) is 25.9 Å². The van der Waals surface area contributed by atoms with Gasteiger partial charge < -0.3 is 10.6 Å². The molecule has 0 spiro atoms. The Hall–Kier alpha value is -2.76. The molecule has 8 heteroatoms. The second kappa shape index (κ2) is 12.7. The molecule has 6 nitrogen and oxygen atoms in total. The lowest BCUT2D eigenvalue weighted by atomic mass is 10.1. The molecule has 0 saturated heterocycles. The van der Waals surface area contributed by atoms with Crippen molar-refractivity contribution in [1.29, 1.82) is 5.26 Å². The van der Waals surface area contributed by atoms with Gasteiger partial charge in [0.05, 0.1) is 23.6 Å². The highest BCUT2D eigenvalue weighted by Crippen LogP contribution is 2.19. The molecule has 2 N–H and O–H groups in total. The fraction of sp³-hybridized carbons (Fsp3) is 0.273. The van der Waals surface area contributed by atoms with Crippen LogP contribution in [-0.4, -0.2) is 27.7 Å². The molecule has 2 atom stereocenters. The lowest BCUT2D eigenvalue weighted by Gasteiger charge is -2.15. The summed E-state index contributed by atoms with van der Waals surface area (Å²) >= 11 is 2.29. The number of nitrogens with zero attached hydrogens (tertiary/aromatic N) is 2. The summed E-state index contributed by atoms with van der Waals surface area (Å²) in [5.74, 6) is -0.0890. The summed E-state index contributed by atoms with van der Waals surface area (Å²) < 4.78 is 0.391. The van der Waals surface area contributed by atoms with E-state index in [9.17, 15) is 9.59 Å². The molecule has 0 aliphatic carbocycles. The van der Waals surface area contributed by atoms with Crippen LogP contribution < -0.4 is 10.6 Å². The summed E-state index contributed by atoms with van der Waals surface area (Å²) in [6, 6.07) is 19.1. The van der Waals surface area contributed by atoms with Crippen LogP contribution in [0.25, 0.3) is 0 Å². The highest BCUT2D eigenvalue weighted by atomic mass is 32.2. The van der Waals surface area contributed by atoms with Crippen molar-refractivity contribution in [1.82, 2.24) is 10.6 Å². The summed E-state index contributed by atoms with van der Waals surface area (Å²) in [7, 11) is 0. The van der Waals surface area contributed by atoms with Crippen LogP contribution in [0.1, 0.15) is 37.1 Å². The average Bonchev–Trinajstić information content (AvgIpc) is 2.76. The summed E-state index contributed by atoms with van der Waals surface area (Å²) in [6.45, 7) is 3.82. The van der Waals surface area contributed by atoms with E-state index in [-0.39, 0.29) is 35.4 Å². The molecule has 0 aliphatic rings. The molecular weight excluding hydrogens is 416 g/mol. The maximum atomic E-state index is 12.2. The van der Waals surface area contributed by atoms with Gasteiger partial charge in [0, 0.05) is 0 Å². The van der Waals surface area contributed by atoms with E-state index in [1.165, 1.54) is 0 Å². The molecule has 0 radical (unpaired) electrons. The second-order valence-corrected chi connectivity index (χ2v) is 8.64. The van der Waals surface area contributed by atoms with Gasteiger partial charge in [-0.15, -0.1) is 0 Å². The zero-order valence-corrected chi connectivity index (χ0v) is 18.5. The minimum Gasteiger partial charge on any atom is -0.349 e. The number of thioether (sulfide) groups is 2. The second-order valence-electron chi connectivity index (χ2n) is 6.45. The Morgan fingerprint density at radius 1 is 0.867 bits per heavy atom. The number of hydrogen-bond donors (Lipinski definition) is 2. The van der Waals surface area contributed by atoms with E-state index in [0.717, 1.165) is 34.7 Å². The molecule has 0 aromatic heterocycles. The Bertz CT molecular complexity index is 833. The van der Waals surface area contributed by atoms with E-state index in [1.54, 1.807) is 6.19 Å². The zero-order chi connectivity index (χ0) is 21.8. The van der Waals surface area contributed by atoms with E-state index in [2.05, 4.69) is 15.6 Å². The maximum Gasteiger partial charge on any atom is 0.230 e.